The number of para-hydroxylation sites is 2. The second-order valence-corrected chi connectivity index (χ2v) is 4.93. The highest BCUT2D eigenvalue weighted by atomic mass is 19.4. The normalized spacial score (nSPS) is 12.0. The Bertz CT molecular complexity index is 788. The zero-order chi connectivity index (χ0) is 15.0. The maximum atomic E-state index is 13.2. The fourth-order valence-electron chi connectivity index (χ4n) is 2.41. The predicted molar refractivity (Wildman–Crippen MR) is 75.0 cm³/mol. The zero-order valence-electron chi connectivity index (χ0n) is 11.4. The van der Waals surface area contributed by atoms with E-state index in [1.807, 2.05) is 31.2 Å². The van der Waals surface area contributed by atoms with Crippen molar-refractivity contribution in [2.75, 3.05) is 0 Å². The molecule has 0 atom stereocenters. The quantitative estimate of drug-likeness (QED) is 0.683. The van der Waals surface area contributed by atoms with Gasteiger partial charge in [0.1, 0.15) is 0 Å². The molecule has 0 radical (unpaired) electrons. The van der Waals surface area contributed by atoms with E-state index in [1.165, 1.54) is 4.57 Å². The van der Waals surface area contributed by atoms with Gasteiger partial charge in [-0.05, 0) is 30.2 Å². The summed E-state index contributed by atoms with van der Waals surface area (Å²) in [5.74, 6) is -0.855. The van der Waals surface area contributed by atoms with Crippen LogP contribution in [0.1, 0.15) is 17.0 Å². The van der Waals surface area contributed by atoms with E-state index >= 15 is 0 Å². The smallest absolute Gasteiger partial charge is 0.316 e. The molecule has 3 aromatic rings. The molecule has 1 heterocycles. The number of aryl methyl sites for hydroxylation is 1. The van der Waals surface area contributed by atoms with E-state index in [2.05, 4.69) is 4.98 Å². The monoisotopic (exact) mass is 290 g/mol. The first-order chi connectivity index (χ1) is 9.97. The van der Waals surface area contributed by atoms with Crippen LogP contribution in [-0.4, -0.2) is 9.55 Å². The third-order valence-corrected chi connectivity index (χ3v) is 3.50. The number of hydrogen-bond donors (Lipinski definition) is 0. The van der Waals surface area contributed by atoms with E-state index in [0.717, 1.165) is 11.1 Å². The van der Waals surface area contributed by atoms with Gasteiger partial charge in [-0.1, -0.05) is 36.4 Å². The number of hydrogen-bond acceptors (Lipinski definition) is 1. The summed E-state index contributed by atoms with van der Waals surface area (Å²) in [5, 5.41) is 0. The van der Waals surface area contributed by atoms with E-state index in [-0.39, 0.29) is 6.54 Å². The fraction of sp³-hybridized carbons (Fsp3) is 0.188. The summed E-state index contributed by atoms with van der Waals surface area (Å²) in [6.45, 7) is 2.05. The van der Waals surface area contributed by atoms with Crippen molar-refractivity contribution in [3.05, 3.63) is 65.5 Å². The molecular weight excluding hydrogens is 277 g/mol. The molecule has 0 spiro atoms. The van der Waals surface area contributed by atoms with Crippen LogP contribution in [0.2, 0.25) is 0 Å². The molecule has 5 heteroatoms. The van der Waals surface area contributed by atoms with Crippen LogP contribution in [0.25, 0.3) is 11.0 Å². The summed E-state index contributed by atoms with van der Waals surface area (Å²) in [6, 6.07) is 14.1. The predicted octanol–water partition coefficient (Wildman–Crippen LogP) is 4.41. The Morgan fingerprint density at radius 2 is 1.67 bits per heavy atom. The van der Waals surface area contributed by atoms with Gasteiger partial charge >= 0.3 is 6.18 Å². The van der Waals surface area contributed by atoms with Crippen LogP contribution in [0, 0.1) is 6.92 Å². The summed E-state index contributed by atoms with van der Waals surface area (Å²) >= 11 is 0. The van der Waals surface area contributed by atoms with Crippen molar-refractivity contribution < 1.29 is 13.2 Å². The lowest BCUT2D eigenvalue weighted by atomic mass is 10.1. The summed E-state index contributed by atoms with van der Waals surface area (Å²) in [4.78, 5) is 3.75. The van der Waals surface area contributed by atoms with Crippen molar-refractivity contribution in [2.45, 2.75) is 19.6 Å². The minimum Gasteiger partial charge on any atom is -0.316 e. The molecule has 1 aromatic heterocycles. The summed E-state index contributed by atoms with van der Waals surface area (Å²) in [5.41, 5.74) is 2.67. The van der Waals surface area contributed by atoms with Crippen LogP contribution < -0.4 is 0 Å². The van der Waals surface area contributed by atoms with Crippen LogP contribution in [0.4, 0.5) is 13.2 Å². The Morgan fingerprint density at radius 1 is 1.00 bits per heavy atom. The molecule has 0 saturated carbocycles. The standard InChI is InChI=1S/C16H13F3N2/c1-11-6-2-3-7-12(11)10-21-14-9-5-4-8-13(14)20-15(21)16(17,18)19/h2-9H,10H2,1H3. The highest BCUT2D eigenvalue weighted by Crippen LogP contribution is 2.32. The minimum absolute atomic E-state index is 0.155. The van der Waals surface area contributed by atoms with Crippen molar-refractivity contribution in [2.24, 2.45) is 0 Å². The van der Waals surface area contributed by atoms with Crippen molar-refractivity contribution in [3.63, 3.8) is 0 Å². The third kappa shape index (κ3) is 2.51. The SMILES string of the molecule is Cc1ccccc1Cn1c(C(F)(F)F)nc2ccccc21. The van der Waals surface area contributed by atoms with Gasteiger partial charge in [0.2, 0.25) is 5.82 Å². The fourth-order valence-corrected chi connectivity index (χ4v) is 2.41. The molecule has 2 aromatic carbocycles. The number of benzene rings is 2. The van der Waals surface area contributed by atoms with Gasteiger partial charge in [0.05, 0.1) is 11.0 Å². The first-order valence-corrected chi connectivity index (χ1v) is 6.54. The van der Waals surface area contributed by atoms with Crippen molar-refractivity contribution in [1.29, 1.82) is 0 Å². The summed E-state index contributed by atoms with van der Waals surface area (Å²) in [6.07, 6.45) is -4.47. The lowest BCUT2D eigenvalue weighted by Crippen LogP contribution is -2.16. The first-order valence-electron chi connectivity index (χ1n) is 6.54. The largest absolute Gasteiger partial charge is 0.449 e. The van der Waals surface area contributed by atoms with E-state index < -0.39 is 12.0 Å². The Balaban J connectivity index is 2.18. The van der Waals surface area contributed by atoms with E-state index in [0.29, 0.717) is 11.0 Å². The van der Waals surface area contributed by atoms with Crippen LogP contribution >= 0.6 is 0 Å². The molecular formula is C16H13F3N2. The van der Waals surface area contributed by atoms with Crippen LogP contribution in [-0.2, 0) is 12.7 Å². The second-order valence-electron chi connectivity index (χ2n) is 4.93. The van der Waals surface area contributed by atoms with E-state index in [9.17, 15) is 13.2 Å². The highest BCUT2D eigenvalue weighted by Gasteiger charge is 2.37. The van der Waals surface area contributed by atoms with E-state index in [1.54, 1.807) is 24.3 Å². The zero-order valence-corrected chi connectivity index (χ0v) is 11.4. The third-order valence-electron chi connectivity index (χ3n) is 3.50. The minimum atomic E-state index is -4.47. The van der Waals surface area contributed by atoms with Gasteiger partial charge in [-0.25, -0.2) is 4.98 Å². The Labute approximate surface area is 119 Å². The molecule has 0 aliphatic rings. The van der Waals surface area contributed by atoms with Crippen molar-refractivity contribution in [1.82, 2.24) is 9.55 Å². The molecule has 3 rings (SSSR count). The first kappa shape index (κ1) is 13.7. The molecule has 0 amide bonds. The summed E-state index contributed by atoms with van der Waals surface area (Å²) < 4.78 is 40.9. The number of rotatable bonds is 2. The van der Waals surface area contributed by atoms with Gasteiger partial charge in [-0.15, -0.1) is 0 Å². The molecule has 21 heavy (non-hydrogen) atoms. The number of fused-ring (bicyclic) bond motifs is 1. The van der Waals surface area contributed by atoms with Crippen LogP contribution in [0.5, 0.6) is 0 Å². The Morgan fingerprint density at radius 3 is 2.38 bits per heavy atom. The molecule has 0 unspecified atom stereocenters. The van der Waals surface area contributed by atoms with Crippen molar-refractivity contribution >= 4 is 11.0 Å². The Kier molecular flexibility index (Phi) is 3.20. The maximum Gasteiger partial charge on any atom is 0.449 e. The van der Waals surface area contributed by atoms with Gasteiger partial charge in [0, 0.05) is 6.54 Å². The van der Waals surface area contributed by atoms with Crippen LogP contribution in [0.3, 0.4) is 0 Å². The van der Waals surface area contributed by atoms with Gasteiger partial charge < -0.3 is 4.57 Å². The number of imidazole rings is 1. The van der Waals surface area contributed by atoms with Gasteiger partial charge in [-0.2, -0.15) is 13.2 Å². The lowest BCUT2D eigenvalue weighted by Gasteiger charge is -2.13. The highest BCUT2D eigenvalue weighted by molar-refractivity contribution is 5.76. The topological polar surface area (TPSA) is 17.8 Å². The molecule has 0 bridgehead atoms. The summed E-state index contributed by atoms with van der Waals surface area (Å²) in [7, 11) is 0. The average Bonchev–Trinajstić information content (AvgIpc) is 2.80. The molecule has 0 fully saturated rings. The maximum absolute atomic E-state index is 13.2. The molecule has 0 aliphatic carbocycles. The van der Waals surface area contributed by atoms with Crippen LogP contribution in [0.15, 0.2) is 48.5 Å². The molecule has 0 N–H and O–H groups in total. The number of alkyl halides is 3. The number of nitrogens with zero attached hydrogens (tertiary/aromatic N) is 2. The van der Waals surface area contributed by atoms with E-state index in [4.69, 9.17) is 0 Å². The number of halogens is 3. The molecule has 108 valence electrons. The van der Waals surface area contributed by atoms with Gasteiger partial charge in [0.25, 0.3) is 0 Å². The van der Waals surface area contributed by atoms with Gasteiger partial charge in [-0.3, -0.25) is 0 Å². The van der Waals surface area contributed by atoms with Crippen molar-refractivity contribution in [3.8, 4) is 0 Å². The molecule has 2 nitrogen and oxygen atoms in total. The average molecular weight is 290 g/mol. The number of aromatic nitrogens is 2. The van der Waals surface area contributed by atoms with Gasteiger partial charge in [0.15, 0.2) is 0 Å². The molecule has 0 saturated heterocycles. The second kappa shape index (κ2) is 4.91. The Hall–Kier alpha value is -2.30. The lowest BCUT2D eigenvalue weighted by molar-refractivity contribution is -0.146. The molecule has 0 aliphatic heterocycles.